The number of ether oxygens (including phenoxy) is 5. The molecular formula is C26H28O7. The van der Waals surface area contributed by atoms with Crippen molar-refractivity contribution in [2.75, 3.05) is 21.3 Å². The Balaban J connectivity index is 1.61. The van der Waals surface area contributed by atoms with Crippen molar-refractivity contribution in [1.29, 1.82) is 0 Å². The third-order valence-corrected chi connectivity index (χ3v) is 6.12. The molecule has 0 saturated heterocycles. The maximum atomic E-state index is 13.1. The number of Topliss-reactive ketones (excluding diaryl/α,β-unsaturated/α-hetero) is 1. The molecule has 1 aliphatic heterocycles. The van der Waals surface area contributed by atoms with Crippen LogP contribution in [0.4, 0.5) is 0 Å². The second kappa shape index (κ2) is 9.57. The van der Waals surface area contributed by atoms with Crippen LogP contribution in [-0.2, 0) is 4.79 Å². The third kappa shape index (κ3) is 4.53. The van der Waals surface area contributed by atoms with Crippen molar-refractivity contribution < 1.29 is 33.3 Å². The van der Waals surface area contributed by atoms with E-state index in [4.69, 9.17) is 23.7 Å². The first-order valence-electron chi connectivity index (χ1n) is 11.1. The molecule has 7 heteroatoms. The summed E-state index contributed by atoms with van der Waals surface area (Å²) in [6.07, 6.45) is 6.59. The van der Waals surface area contributed by atoms with E-state index >= 15 is 0 Å². The summed E-state index contributed by atoms with van der Waals surface area (Å²) in [5.41, 5.74) is 1.75. The molecule has 4 rings (SSSR count). The lowest BCUT2D eigenvalue weighted by Crippen LogP contribution is -2.22. The van der Waals surface area contributed by atoms with Gasteiger partial charge in [-0.05, 0) is 43.5 Å². The van der Waals surface area contributed by atoms with Gasteiger partial charge in [-0.3, -0.25) is 9.59 Å². The quantitative estimate of drug-likeness (QED) is 0.342. The molecule has 1 aliphatic carbocycles. The van der Waals surface area contributed by atoms with Gasteiger partial charge in [-0.15, -0.1) is 0 Å². The number of allylic oxidation sites excluding steroid dienone is 1. The summed E-state index contributed by atoms with van der Waals surface area (Å²) in [5, 5.41) is 0. The van der Waals surface area contributed by atoms with Gasteiger partial charge < -0.3 is 23.7 Å². The fraction of sp³-hybridized carbons (Fsp3) is 0.385. The van der Waals surface area contributed by atoms with Crippen LogP contribution in [0.1, 0.15) is 53.6 Å². The Labute approximate surface area is 193 Å². The molecule has 0 amide bonds. The summed E-state index contributed by atoms with van der Waals surface area (Å²) >= 11 is 0. The van der Waals surface area contributed by atoms with Crippen LogP contribution in [0.15, 0.2) is 30.0 Å². The Bertz CT molecular complexity index is 1110. The van der Waals surface area contributed by atoms with Gasteiger partial charge in [0.2, 0.25) is 5.78 Å². The van der Waals surface area contributed by atoms with Crippen LogP contribution < -0.4 is 23.7 Å². The van der Waals surface area contributed by atoms with E-state index in [9.17, 15) is 9.59 Å². The number of ketones is 1. The Morgan fingerprint density at radius 1 is 0.939 bits per heavy atom. The average Bonchev–Trinajstić information content (AvgIpc) is 3.14. The van der Waals surface area contributed by atoms with Gasteiger partial charge in [0.1, 0.15) is 17.2 Å². The van der Waals surface area contributed by atoms with Crippen LogP contribution in [0.3, 0.4) is 0 Å². The smallest absolute Gasteiger partial charge is 0.314 e. The van der Waals surface area contributed by atoms with Crippen molar-refractivity contribution in [3.8, 4) is 28.7 Å². The van der Waals surface area contributed by atoms with E-state index in [1.165, 1.54) is 21.3 Å². The lowest BCUT2D eigenvalue weighted by Gasteiger charge is -2.20. The van der Waals surface area contributed by atoms with E-state index in [0.717, 1.165) is 32.1 Å². The summed E-state index contributed by atoms with van der Waals surface area (Å²) in [5.74, 6) is 1.90. The standard InChI is InChI=1S/C26H28O7/c1-15-10-18(32-26(28)16-8-6-5-7-9-16)13-22-24(15)25(27)23(33-22)12-17-11-20(30-3)21(31-4)14-19(17)29-2/h10-14,16H,5-9H2,1-4H3/b23-12-. The van der Waals surface area contributed by atoms with Gasteiger partial charge in [-0.1, -0.05) is 19.3 Å². The molecule has 2 aromatic carbocycles. The molecule has 1 saturated carbocycles. The van der Waals surface area contributed by atoms with Crippen molar-refractivity contribution in [3.63, 3.8) is 0 Å². The molecule has 0 aromatic heterocycles. The van der Waals surface area contributed by atoms with Crippen molar-refractivity contribution in [2.24, 2.45) is 5.92 Å². The highest BCUT2D eigenvalue weighted by Crippen LogP contribution is 2.40. The van der Waals surface area contributed by atoms with Crippen molar-refractivity contribution in [1.82, 2.24) is 0 Å². The van der Waals surface area contributed by atoms with E-state index in [1.807, 2.05) is 0 Å². The molecule has 0 atom stereocenters. The topological polar surface area (TPSA) is 80.3 Å². The van der Waals surface area contributed by atoms with E-state index in [1.54, 1.807) is 37.3 Å². The predicted octanol–water partition coefficient (Wildman–Crippen LogP) is 5.12. The monoisotopic (exact) mass is 452 g/mol. The number of hydrogen-bond acceptors (Lipinski definition) is 7. The van der Waals surface area contributed by atoms with E-state index in [0.29, 0.717) is 45.4 Å². The minimum atomic E-state index is -0.246. The maximum Gasteiger partial charge on any atom is 0.314 e. The van der Waals surface area contributed by atoms with Crippen LogP contribution in [0.5, 0.6) is 28.7 Å². The molecule has 0 N–H and O–H groups in total. The molecule has 174 valence electrons. The number of rotatable bonds is 6. The SMILES string of the molecule is COc1cc(OC)c(OC)cc1/C=C1\Oc2cc(OC(=O)C3CCCCC3)cc(C)c2C1=O. The van der Waals surface area contributed by atoms with Gasteiger partial charge in [0.05, 0.1) is 32.8 Å². The Hall–Kier alpha value is -3.48. The predicted molar refractivity (Wildman–Crippen MR) is 122 cm³/mol. The van der Waals surface area contributed by atoms with Crippen LogP contribution in [0, 0.1) is 12.8 Å². The number of carbonyl (C=O) groups excluding carboxylic acids is 2. The third-order valence-electron chi connectivity index (χ3n) is 6.12. The number of benzene rings is 2. The summed E-state index contributed by atoms with van der Waals surface area (Å²) in [7, 11) is 4.61. The number of esters is 1. The fourth-order valence-corrected chi connectivity index (χ4v) is 4.38. The molecule has 33 heavy (non-hydrogen) atoms. The first-order valence-corrected chi connectivity index (χ1v) is 11.1. The minimum Gasteiger partial charge on any atom is -0.496 e. The minimum absolute atomic E-state index is 0.0668. The molecule has 1 fully saturated rings. The highest BCUT2D eigenvalue weighted by molar-refractivity contribution is 6.15. The van der Waals surface area contributed by atoms with Crippen LogP contribution in [0.2, 0.25) is 0 Å². The zero-order chi connectivity index (χ0) is 23.5. The van der Waals surface area contributed by atoms with Crippen molar-refractivity contribution in [3.05, 3.63) is 46.7 Å². The number of carbonyl (C=O) groups is 2. The Kier molecular flexibility index (Phi) is 6.58. The number of fused-ring (bicyclic) bond motifs is 1. The van der Waals surface area contributed by atoms with Crippen molar-refractivity contribution in [2.45, 2.75) is 39.0 Å². The summed E-state index contributed by atoms with van der Waals surface area (Å²) in [4.78, 5) is 25.6. The summed E-state index contributed by atoms with van der Waals surface area (Å²) < 4.78 is 27.7. The normalized spacial score (nSPS) is 16.8. The Morgan fingerprint density at radius 2 is 1.61 bits per heavy atom. The average molecular weight is 453 g/mol. The lowest BCUT2D eigenvalue weighted by molar-refractivity contribution is -0.139. The molecule has 0 radical (unpaired) electrons. The lowest BCUT2D eigenvalue weighted by atomic mass is 9.89. The highest BCUT2D eigenvalue weighted by Gasteiger charge is 2.31. The molecule has 0 unspecified atom stereocenters. The first-order chi connectivity index (χ1) is 15.9. The van der Waals surface area contributed by atoms with Crippen LogP contribution in [0.25, 0.3) is 6.08 Å². The van der Waals surface area contributed by atoms with E-state index < -0.39 is 0 Å². The van der Waals surface area contributed by atoms with Gasteiger partial charge in [0.25, 0.3) is 0 Å². The van der Waals surface area contributed by atoms with Gasteiger partial charge in [-0.2, -0.15) is 0 Å². The largest absolute Gasteiger partial charge is 0.496 e. The maximum absolute atomic E-state index is 13.1. The number of aryl methyl sites for hydroxylation is 1. The van der Waals surface area contributed by atoms with Gasteiger partial charge in [0, 0.05) is 17.7 Å². The van der Waals surface area contributed by atoms with Gasteiger partial charge in [0.15, 0.2) is 17.3 Å². The second-order valence-electron chi connectivity index (χ2n) is 8.26. The van der Waals surface area contributed by atoms with E-state index in [2.05, 4.69) is 0 Å². The summed E-state index contributed by atoms with van der Waals surface area (Å²) in [6, 6.07) is 6.72. The molecular weight excluding hydrogens is 424 g/mol. The Morgan fingerprint density at radius 3 is 2.27 bits per heavy atom. The summed E-state index contributed by atoms with van der Waals surface area (Å²) in [6.45, 7) is 1.80. The molecule has 2 aliphatic rings. The number of methoxy groups -OCH3 is 3. The molecule has 1 heterocycles. The second-order valence-corrected chi connectivity index (χ2v) is 8.26. The van der Waals surface area contributed by atoms with E-state index in [-0.39, 0.29) is 23.4 Å². The van der Waals surface area contributed by atoms with Gasteiger partial charge in [-0.25, -0.2) is 0 Å². The van der Waals surface area contributed by atoms with Crippen LogP contribution in [-0.4, -0.2) is 33.1 Å². The van der Waals surface area contributed by atoms with Crippen molar-refractivity contribution >= 4 is 17.8 Å². The fourth-order valence-electron chi connectivity index (χ4n) is 4.38. The molecule has 0 spiro atoms. The number of hydrogen-bond donors (Lipinski definition) is 0. The zero-order valence-electron chi connectivity index (χ0n) is 19.4. The first kappa shape index (κ1) is 22.7. The highest BCUT2D eigenvalue weighted by atomic mass is 16.5. The molecule has 0 bridgehead atoms. The van der Waals surface area contributed by atoms with Gasteiger partial charge >= 0.3 is 5.97 Å². The molecule has 2 aromatic rings. The molecule has 7 nitrogen and oxygen atoms in total. The van der Waals surface area contributed by atoms with Crippen LogP contribution >= 0.6 is 0 Å². The zero-order valence-corrected chi connectivity index (χ0v) is 19.4.